The smallest absolute Gasteiger partial charge is 0.319 e. The van der Waals surface area contributed by atoms with Gasteiger partial charge in [0.05, 0.1) is 10.9 Å². The van der Waals surface area contributed by atoms with Gasteiger partial charge in [-0.25, -0.2) is 17.6 Å². The van der Waals surface area contributed by atoms with Gasteiger partial charge in [-0.3, -0.25) is 9.88 Å². The van der Waals surface area contributed by atoms with Crippen LogP contribution in [-0.4, -0.2) is 81.5 Å². The number of aromatic nitrogens is 3. The number of aromatic hydroxyl groups is 1. The summed E-state index contributed by atoms with van der Waals surface area (Å²) in [6, 6.07) is 4.40. The summed E-state index contributed by atoms with van der Waals surface area (Å²) < 4.78 is 68.0. The normalized spacial score (nSPS) is 27.7. The van der Waals surface area contributed by atoms with Crippen LogP contribution in [0.3, 0.4) is 0 Å². The van der Waals surface area contributed by atoms with Crippen LogP contribution in [-0.2, 0) is 0 Å². The van der Waals surface area contributed by atoms with Crippen LogP contribution in [0.5, 0.6) is 11.8 Å². The van der Waals surface area contributed by atoms with Crippen LogP contribution in [0.15, 0.2) is 24.4 Å². The maximum absolute atomic E-state index is 16.8. The number of halogens is 4. The third-order valence-corrected chi connectivity index (χ3v) is 10.8. The molecule has 1 aliphatic carbocycles. The van der Waals surface area contributed by atoms with E-state index in [2.05, 4.69) is 25.1 Å². The first-order chi connectivity index (χ1) is 22.3. The molecule has 1 saturated carbocycles. The average Bonchev–Trinajstić information content (AvgIpc) is 3.64. The lowest BCUT2D eigenvalue weighted by Gasteiger charge is -2.34. The molecule has 5 aliphatic rings. The van der Waals surface area contributed by atoms with Gasteiger partial charge in [-0.2, -0.15) is 9.97 Å². The summed E-state index contributed by atoms with van der Waals surface area (Å²) in [5.41, 5.74) is -0.178. The third-order valence-electron chi connectivity index (χ3n) is 10.8. The fourth-order valence-electron chi connectivity index (χ4n) is 8.55. The van der Waals surface area contributed by atoms with Crippen LogP contribution in [0.1, 0.15) is 56.4 Å². The Bertz CT molecular complexity index is 1890. The zero-order chi connectivity index (χ0) is 31.3. The third kappa shape index (κ3) is 4.43. The van der Waals surface area contributed by atoms with Crippen molar-refractivity contribution >= 4 is 27.5 Å². The molecule has 12 heteroatoms. The number of alkyl halides is 1. The highest BCUT2D eigenvalue weighted by molar-refractivity contribution is 6.03. The molecule has 4 atom stereocenters. The number of piperazine rings is 1. The largest absolute Gasteiger partial charge is 0.507 e. The lowest BCUT2D eigenvalue weighted by Crippen LogP contribution is -2.51. The Kier molecular flexibility index (Phi) is 6.41. The second-order valence-corrected chi connectivity index (χ2v) is 13.8. The summed E-state index contributed by atoms with van der Waals surface area (Å²) in [6.45, 7) is 2.71. The van der Waals surface area contributed by atoms with Crippen LogP contribution in [0, 0.1) is 17.5 Å². The molecule has 0 radical (unpaired) electrons. The summed E-state index contributed by atoms with van der Waals surface area (Å²) in [6.07, 6.45) is 6.35. The highest BCUT2D eigenvalue weighted by atomic mass is 19.2. The van der Waals surface area contributed by atoms with Crippen molar-refractivity contribution in [1.82, 2.24) is 25.2 Å². The molecule has 2 N–H and O–H groups in total. The van der Waals surface area contributed by atoms with Gasteiger partial charge in [0.1, 0.15) is 35.6 Å². The predicted octanol–water partition coefficient (Wildman–Crippen LogP) is 5.74. The van der Waals surface area contributed by atoms with E-state index in [-0.39, 0.29) is 63.9 Å². The van der Waals surface area contributed by atoms with E-state index in [1.807, 2.05) is 0 Å². The summed E-state index contributed by atoms with van der Waals surface area (Å²) in [5, 5.41) is 14.7. The van der Waals surface area contributed by atoms with Gasteiger partial charge >= 0.3 is 6.01 Å². The fourth-order valence-corrected chi connectivity index (χ4v) is 8.55. The van der Waals surface area contributed by atoms with Gasteiger partial charge in [0.25, 0.3) is 0 Å². The number of hydrogen-bond acceptors (Lipinski definition) is 8. The molecule has 46 heavy (non-hydrogen) atoms. The zero-order valence-electron chi connectivity index (χ0n) is 25.2. The maximum atomic E-state index is 16.8. The van der Waals surface area contributed by atoms with Crippen LogP contribution < -0.4 is 15.0 Å². The lowest BCUT2D eigenvalue weighted by molar-refractivity contribution is 0.107. The molecule has 2 aromatic heterocycles. The van der Waals surface area contributed by atoms with Gasteiger partial charge in [-0.05, 0) is 74.8 Å². The summed E-state index contributed by atoms with van der Waals surface area (Å²) in [5.74, 6) is -2.75. The van der Waals surface area contributed by atoms with Crippen LogP contribution >= 0.6 is 0 Å². The SMILES string of the molecule is Oc1ccc(-c2ncc3c(N4C[C@H]5CC[C@@H](C4)N5)nc(OC[C@@]45CCCN4C[C@H](F)C5)nc3c2F)c2c(F)c(F)cc(C3CC3)c12. The lowest BCUT2D eigenvalue weighted by atomic mass is 9.94. The minimum Gasteiger partial charge on any atom is -0.507 e. The van der Waals surface area contributed by atoms with Crippen LogP contribution in [0.25, 0.3) is 32.9 Å². The molecule has 8 nitrogen and oxygen atoms in total. The predicted molar refractivity (Wildman–Crippen MR) is 164 cm³/mol. The minimum absolute atomic E-state index is 0.000272. The molecule has 5 fully saturated rings. The van der Waals surface area contributed by atoms with Crippen molar-refractivity contribution in [3.05, 3.63) is 47.4 Å². The second-order valence-electron chi connectivity index (χ2n) is 13.8. The van der Waals surface area contributed by atoms with Crippen molar-refractivity contribution in [2.75, 3.05) is 37.7 Å². The van der Waals surface area contributed by atoms with E-state index in [1.54, 1.807) is 0 Å². The quantitative estimate of drug-likeness (QED) is 0.260. The van der Waals surface area contributed by atoms with Gasteiger partial charge in [0.2, 0.25) is 0 Å². The van der Waals surface area contributed by atoms with Gasteiger partial charge in [0, 0.05) is 60.7 Å². The molecule has 2 aromatic carbocycles. The number of rotatable bonds is 6. The number of fused-ring (bicyclic) bond motifs is 5. The van der Waals surface area contributed by atoms with E-state index >= 15 is 8.78 Å². The van der Waals surface area contributed by atoms with Crippen molar-refractivity contribution in [1.29, 1.82) is 0 Å². The van der Waals surface area contributed by atoms with Gasteiger partial charge < -0.3 is 20.1 Å². The number of phenols is 1. The number of phenolic OH excluding ortho intramolecular Hbond substituents is 1. The molecule has 0 spiro atoms. The molecule has 4 aliphatic heterocycles. The highest BCUT2D eigenvalue weighted by Crippen LogP contribution is 2.49. The van der Waals surface area contributed by atoms with Crippen molar-refractivity contribution in [2.45, 2.75) is 74.7 Å². The van der Waals surface area contributed by atoms with Gasteiger partial charge in [-0.1, -0.05) is 0 Å². The molecule has 0 unspecified atom stereocenters. The number of benzene rings is 2. The number of pyridine rings is 1. The Morgan fingerprint density at radius 3 is 2.59 bits per heavy atom. The monoisotopic (exact) mass is 634 g/mol. The molecule has 2 bridgehead atoms. The first-order valence-corrected chi connectivity index (χ1v) is 16.3. The van der Waals surface area contributed by atoms with E-state index < -0.39 is 29.2 Å². The Morgan fingerprint density at radius 2 is 1.80 bits per heavy atom. The standard InChI is InChI=1S/C34H34F4N6O2/c35-18-11-34(8-1-9-44(34)13-18)16-46-33-41-31-23(32(42-33)43-14-19-4-5-20(15-43)40-19)12-39-30(29(31)38)21-6-7-25(45)26-22(17-2-3-17)10-24(36)28(37)27(21)26/h6-7,10,12,17-20,40,45H,1-5,8-9,11,13-16H2/t18-,19-,20+,34+/m1/s1. The molecule has 4 aromatic rings. The average molecular weight is 635 g/mol. The van der Waals surface area contributed by atoms with Crippen LogP contribution in [0.2, 0.25) is 0 Å². The fraction of sp³-hybridized carbons (Fsp3) is 0.500. The van der Waals surface area contributed by atoms with E-state index in [0.29, 0.717) is 42.8 Å². The van der Waals surface area contributed by atoms with Crippen molar-refractivity contribution in [3.8, 4) is 23.0 Å². The molecular formula is C34H34F4N6O2. The Hall–Kier alpha value is -3.77. The van der Waals surface area contributed by atoms with E-state index in [4.69, 9.17) is 9.72 Å². The van der Waals surface area contributed by atoms with Crippen molar-refractivity contribution in [2.24, 2.45) is 0 Å². The number of ether oxygens (including phenoxy) is 1. The molecule has 4 saturated heterocycles. The van der Waals surface area contributed by atoms with Crippen molar-refractivity contribution in [3.63, 3.8) is 0 Å². The molecule has 0 amide bonds. The first kappa shape index (κ1) is 28.5. The minimum atomic E-state index is -1.17. The summed E-state index contributed by atoms with van der Waals surface area (Å²) in [7, 11) is 0. The zero-order valence-corrected chi connectivity index (χ0v) is 25.2. The first-order valence-electron chi connectivity index (χ1n) is 16.3. The van der Waals surface area contributed by atoms with E-state index in [9.17, 15) is 13.9 Å². The van der Waals surface area contributed by atoms with E-state index in [0.717, 1.165) is 51.1 Å². The molecule has 240 valence electrons. The number of anilines is 1. The van der Waals surface area contributed by atoms with E-state index in [1.165, 1.54) is 18.3 Å². The maximum Gasteiger partial charge on any atom is 0.319 e. The molecule has 6 heterocycles. The second kappa shape index (κ2) is 10.4. The number of hydrogen-bond donors (Lipinski definition) is 2. The van der Waals surface area contributed by atoms with Gasteiger partial charge in [-0.15, -0.1) is 0 Å². The Balaban J connectivity index is 1.19. The molecular weight excluding hydrogens is 600 g/mol. The summed E-state index contributed by atoms with van der Waals surface area (Å²) >= 11 is 0. The van der Waals surface area contributed by atoms with Gasteiger partial charge in [0.15, 0.2) is 17.5 Å². The molecule has 9 rings (SSSR count). The Morgan fingerprint density at radius 1 is 1.00 bits per heavy atom. The van der Waals surface area contributed by atoms with Crippen molar-refractivity contribution < 1.29 is 27.4 Å². The Labute approximate surface area is 262 Å². The topological polar surface area (TPSA) is 86.6 Å². The number of nitrogens with zero attached hydrogens (tertiary/aromatic N) is 5. The summed E-state index contributed by atoms with van der Waals surface area (Å²) in [4.78, 5) is 18.0. The highest BCUT2D eigenvalue weighted by Gasteiger charge is 2.49. The number of nitrogens with one attached hydrogen (secondary N) is 1. The van der Waals surface area contributed by atoms with Crippen LogP contribution in [0.4, 0.5) is 23.4 Å².